The summed E-state index contributed by atoms with van der Waals surface area (Å²) in [6.07, 6.45) is 22.1. The highest BCUT2D eigenvalue weighted by Gasteiger charge is 2.07. The quantitative estimate of drug-likeness (QED) is 0.201. The monoisotopic (exact) mass is 324 g/mol. The van der Waals surface area contributed by atoms with Crippen molar-refractivity contribution in [1.82, 2.24) is 0 Å². The Morgan fingerprint density at radius 1 is 0.696 bits per heavy atom. The lowest BCUT2D eigenvalue weighted by molar-refractivity contribution is -0.148. The van der Waals surface area contributed by atoms with Crippen LogP contribution >= 0.6 is 0 Å². The van der Waals surface area contributed by atoms with E-state index in [1.54, 1.807) is 6.08 Å². The Kier molecular flexibility index (Phi) is 16.4. The van der Waals surface area contributed by atoms with Gasteiger partial charge in [0.1, 0.15) is 0 Å². The number of carboxylic acid groups (broad SMARTS) is 1. The van der Waals surface area contributed by atoms with Crippen molar-refractivity contribution in [2.45, 2.75) is 103 Å². The molecule has 134 valence electrons. The van der Waals surface area contributed by atoms with E-state index in [-0.39, 0.29) is 6.42 Å². The van der Waals surface area contributed by atoms with Crippen LogP contribution in [0.2, 0.25) is 0 Å². The molecule has 0 radical (unpaired) electrons. The summed E-state index contributed by atoms with van der Waals surface area (Å²) in [6, 6.07) is 0. The lowest BCUT2D eigenvalue weighted by Crippen LogP contribution is -2.10. The van der Waals surface area contributed by atoms with E-state index in [2.05, 4.69) is 6.92 Å². The second-order valence-corrected chi connectivity index (χ2v) is 6.44. The summed E-state index contributed by atoms with van der Waals surface area (Å²) in [6.45, 7) is 2.26. The molecule has 0 rings (SSSR count). The van der Waals surface area contributed by atoms with E-state index in [1.807, 2.05) is 6.08 Å². The minimum atomic E-state index is -1.34. The van der Waals surface area contributed by atoms with Crippen molar-refractivity contribution in [3.8, 4) is 0 Å². The molecule has 0 aromatic heterocycles. The zero-order chi connectivity index (χ0) is 17.2. The van der Waals surface area contributed by atoms with Crippen molar-refractivity contribution < 1.29 is 14.7 Å². The number of carbonyl (C=O) groups excluding carboxylic acids is 1. The molecule has 3 nitrogen and oxygen atoms in total. The molecule has 3 heteroatoms. The van der Waals surface area contributed by atoms with Gasteiger partial charge < -0.3 is 5.11 Å². The maximum Gasteiger partial charge on any atom is 0.372 e. The predicted molar refractivity (Wildman–Crippen MR) is 96.7 cm³/mol. The van der Waals surface area contributed by atoms with Gasteiger partial charge in [0.15, 0.2) is 0 Å². The van der Waals surface area contributed by atoms with E-state index in [0.717, 1.165) is 12.8 Å². The van der Waals surface area contributed by atoms with Crippen molar-refractivity contribution in [2.75, 3.05) is 0 Å². The average Bonchev–Trinajstić information content (AvgIpc) is 2.54. The highest BCUT2D eigenvalue weighted by Crippen LogP contribution is 2.13. The topological polar surface area (TPSA) is 54.4 Å². The van der Waals surface area contributed by atoms with Gasteiger partial charge in [0.05, 0.1) is 0 Å². The van der Waals surface area contributed by atoms with Crippen molar-refractivity contribution in [3.05, 3.63) is 12.2 Å². The highest BCUT2D eigenvalue weighted by atomic mass is 16.4. The number of carbonyl (C=O) groups is 2. The largest absolute Gasteiger partial charge is 0.475 e. The van der Waals surface area contributed by atoms with E-state index in [1.165, 1.54) is 77.0 Å². The fraction of sp³-hybridized carbons (Fsp3) is 0.800. The molecule has 0 heterocycles. The first-order valence-electron chi connectivity index (χ1n) is 9.59. The van der Waals surface area contributed by atoms with E-state index in [9.17, 15) is 9.59 Å². The molecule has 0 aliphatic rings. The number of ketones is 1. The van der Waals surface area contributed by atoms with E-state index >= 15 is 0 Å². The van der Waals surface area contributed by atoms with E-state index in [0.29, 0.717) is 0 Å². The van der Waals surface area contributed by atoms with Gasteiger partial charge in [-0.1, -0.05) is 96.1 Å². The molecule has 0 saturated heterocycles. The second kappa shape index (κ2) is 17.2. The number of hydrogen-bond donors (Lipinski definition) is 1. The molecule has 1 N–H and O–H groups in total. The molecule has 0 atom stereocenters. The first-order chi connectivity index (χ1) is 11.2. The predicted octanol–water partition coefficient (Wildman–Crippen LogP) is 6.07. The van der Waals surface area contributed by atoms with Crippen LogP contribution in [0.3, 0.4) is 0 Å². The first kappa shape index (κ1) is 21.9. The van der Waals surface area contributed by atoms with Gasteiger partial charge in [-0.3, -0.25) is 4.79 Å². The Morgan fingerprint density at radius 3 is 1.57 bits per heavy atom. The zero-order valence-corrected chi connectivity index (χ0v) is 15.0. The normalized spacial score (nSPS) is 11.2. The van der Waals surface area contributed by atoms with Crippen LogP contribution in [0.4, 0.5) is 0 Å². The van der Waals surface area contributed by atoms with Crippen LogP contribution < -0.4 is 0 Å². The molecular weight excluding hydrogens is 288 g/mol. The minimum absolute atomic E-state index is 0.0216. The van der Waals surface area contributed by atoms with Crippen molar-refractivity contribution in [2.24, 2.45) is 0 Å². The Balaban J connectivity index is 3.15. The summed E-state index contributed by atoms with van der Waals surface area (Å²) in [4.78, 5) is 21.1. The summed E-state index contributed by atoms with van der Waals surface area (Å²) in [7, 11) is 0. The molecule has 0 amide bonds. The molecule has 0 fully saturated rings. The summed E-state index contributed by atoms with van der Waals surface area (Å²) < 4.78 is 0. The van der Waals surface area contributed by atoms with Crippen molar-refractivity contribution in [1.29, 1.82) is 0 Å². The summed E-state index contributed by atoms with van der Waals surface area (Å²) in [5.41, 5.74) is 0. The molecule has 0 aliphatic carbocycles. The molecule has 0 aromatic carbocycles. The van der Waals surface area contributed by atoms with Gasteiger partial charge in [-0.15, -0.1) is 0 Å². The van der Waals surface area contributed by atoms with Crippen LogP contribution in [-0.2, 0) is 9.59 Å². The fourth-order valence-electron chi connectivity index (χ4n) is 2.68. The van der Waals surface area contributed by atoms with Gasteiger partial charge in [-0.25, -0.2) is 4.79 Å². The third kappa shape index (κ3) is 17.1. The number of Topliss-reactive ketones (excluding diaryl/α,β-unsaturated/α-hetero) is 1. The second-order valence-electron chi connectivity index (χ2n) is 6.44. The SMILES string of the molecule is CCCCCCCCCCCCCCCC=CCC(=O)C(=O)O. The van der Waals surface area contributed by atoms with E-state index < -0.39 is 11.8 Å². The standard InChI is InChI=1S/C20H36O3/c1-2-3-4-5-6-7-8-9-10-11-12-13-14-15-16-17-18-19(21)20(22)23/h16-17H,2-15,18H2,1H3,(H,22,23). The van der Waals surface area contributed by atoms with Crippen LogP contribution in [0.15, 0.2) is 12.2 Å². The molecule has 0 aliphatic heterocycles. The number of aliphatic carboxylic acids is 1. The summed E-state index contributed by atoms with van der Waals surface area (Å²) >= 11 is 0. The molecule has 0 spiro atoms. The molecule has 0 unspecified atom stereocenters. The molecule has 23 heavy (non-hydrogen) atoms. The lowest BCUT2D eigenvalue weighted by atomic mass is 10.0. The Labute approximate surface area is 142 Å². The zero-order valence-electron chi connectivity index (χ0n) is 15.0. The number of carboxylic acids is 1. The first-order valence-corrected chi connectivity index (χ1v) is 9.59. The van der Waals surface area contributed by atoms with Crippen LogP contribution in [0.5, 0.6) is 0 Å². The minimum Gasteiger partial charge on any atom is -0.475 e. The molecule has 0 bridgehead atoms. The number of rotatable bonds is 17. The van der Waals surface area contributed by atoms with Gasteiger partial charge in [-0.05, 0) is 12.8 Å². The fourth-order valence-corrected chi connectivity index (χ4v) is 2.68. The van der Waals surface area contributed by atoms with Crippen LogP contribution in [0, 0.1) is 0 Å². The third-order valence-corrected chi connectivity index (χ3v) is 4.18. The van der Waals surface area contributed by atoms with Gasteiger partial charge in [-0.2, -0.15) is 0 Å². The van der Waals surface area contributed by atoms with Crippen LogP contribution in [0.25, 0.3) is 0 Å². The number of allylic oxidation sites excluding steroid dienone is 2. The van der Waals surface area contributed by atoms with Gasteiger partial charge in [0.2, 0.25) is 5.78 Å². The average molecular weight is 325 g/mol. The Hall–Kier alpha value is -1.12. The summed E-state index contributed by atoms with van der Waals surface area (Å²) in [5, 5.41) is 8.42. The molecule has 0 saturated carbocycles. The number of unbranched alkanes of at least 4 members (excludes halogenated alkanes) is 13. The van der Waals surface area contributed by atoms with Gasteiger partial charge in [0.25, 0.3) is 0 Å². The smallest absolute Gasteiger partial charge is 0.372 e. The number of hydrogen-bond acceptors (Lipinski definition) is 2. The molecular formula is C20H36O3. The van der Waals surface area contributed by atoms with Gasteiger partial charge >= 0.3 is 5.97 Å². The lowest BCUT2D eigenvalue weighted by Gasteiger charge is -2.02. The van der Waals surface area contributed by atoms with E-state index in [4.69, 9.17) is 5.11 Å². The van der Waals surface area contributed by atoms with Crippen LogP contribution in [-0.4, -0.2) is 16.9 Å². The Morgan fingerprint density at radius 2 is 1.13 bits per heavy atom. The van der Waals surface area contributed by atoms with Gasteiger partial charge in [0, 0.05) is 6.42 Å². The molecule has 0 aromatic rings. The Bertz CT molecular complexity index is 321. The van der Waals surface area contributed by atoms with Crippen LogP contribution in [0.1, 0.15) is 103 Å². The van der Waals surface area contributed by atoms with Crippen molar-refractivity contribution >= 4 is 11.8 Å². The maximum atomic E-state index is 10.8. The highest BCUT2D eigenvalue weighted by molar-refractivity contribution is 6.33. The summed E-state index contributed by atoms with van der Waals surface area (Å²) in [5.74, 6) is -2.07. The maximum absolute atomic E-state index is 10.8. The third-order valence-electron chi connectivity index (χ3n) is 4.18. The van der Waals surface area contributed by atoms with Crippen molar-refractivity contribution in [3.63, 3.8) is 0 Å².